The summed E-state index contributed by atoms with van der Waals surface area (Å²) in [7, 11) is 1.99. The van der Waals surface area contributed by atoms with Gasteiger partial charge in [0, 0.05) is 35.5 Å². The molecule has 1 heterocycles. The summed E-state index contributed by atoms with van der Waals surface area (Å²) in [5.74, 6) is 0. The van der Waals surface area contributed by atoms with Crippen molar-refractivity contribution in [3.05, 3.63) is 0 Å². The van der Waals surface area contributed by atoms with E-state index in [4.69, 9.17) is 4.74 Å². The average molecular weight is 256 g/mol. The molecular weight excluding hydrogens is 243 g/mol. The summed E-state index contributed by atoms with van der Waals surface area (Å²) >= 11 is 2.21. The monoisotopic (exact) mass is 256 g/mol. The van der Waals surface area contributed by atoms with Gasteiger partial charge < -0.3 is 4.74 Å². The summed E-state index contributed by atoms with van der Waals surface area (Å²) in [4.78, 5) is 0. The van der Waals surface area contributed by atoms with Crippen LogP contribution in [0.1, 0.15) is 13.8 Å². The first-order chi connectivity index (χ1) is 4.51. The zero-order chi connectivity index (χ0) is 7.78. The minimum atomic E-state index is 0.0793. The minimum Gasteiger partial charge on any atom is -0.347 e. The van der Waals surface area contributed by atoms with E-state index in [1.54, 1.807) is 0 Å². The van der Waals surface area contributed by atoms with Crippen molar-refractivity contribution in [1.29, 1.82) is 0 Å². The van der Waals surface area contributed by atoms with Crippen molar-refractivity contribution >= 4 is 22.9 Å². The maximum Gasteiger partial charge on any atom is 0.174 e. The van der Waals surface area contributed by atoms with E-state index < -0.39 is 0 Å². The maximum atomic E-state index is 5.44. The van der Waals surface area contributed by atoms with Crippen LogP contribution < -0.4 is 5.32 Å². The fourth-order valence-electron chi connectivity index (χ4n) is 0.897. The van der Waals surface area contributed by atoms with Crippen LogP contribution in [-0.2, 0) is 4.74 Å². The zero-order valence-electron chi connectivity index (χ0n) is 6.52. The minimum absolute atomic E-state index is 0.0793. The summed E-state index contributed by atoms with van der Waals surface area (Å²) in [5, 5.41) is 3.33. The number of rotatable bonds is 1. The Bertz CT molecular complexity index is 127. The molecule has 1 aliphatic rings. The second kappa shape index (κ2) is 2.92. The van der Waals surface area contributed by atoms with Crippen molar-refractivity contribution in [2.75, 3.05) is 13.7 Å². The van der Waals surface area contributed by atoms with Gasteiger partial charge in [-0.3, -0.25) is 5.32 Å². The molecular formula is C6H13IN2O. The number of nitrogens with zero attached hydrogens (tertiary/aromatic N) is 1. The molecule has 1 atom stereocenters. The molecule has 0 aliphatic carbocycles. The average Bonchev–Trinajstić information content (AvgIpc) is 2.10. The van der Waals surface area contributed by atoms with Gasteiger partial charge in [0.15, 0.2) is 6.35 Å². The van der Waals surface area contributed by atoms with Crippen LogP contribution in [0.5, 0.6) is 0 Å². The molecule has 60 valence electrons. The van der Waals surface area contributed by atoms with E-state index in [-0.39, 0.29) is 11.9 Å². The number of nitrogens with one attached hydrogen (secondary N) is 1. The van der Waals surface area contributed by atoms with Crippen molar-refractivity contribution in [3.8, 4) is 0 Å². The Morgan fingerprint density at radius 1 is 1.70 bits per heavy atom. The zero-order valence-corrected chi connectivity index (χ0v) is 8.68. The summed E-state index contributed by atoms with van der Waals surface area (Å²) in [6.45, 7) is 5.05. The van der Waals surface area contributed by atoms with Crippen molar-refractivity contribution in [2.45, 2.75) is 25.7 Å². The number of halogens is 1. The number of hydrogen-bond acceptors (Lipinski definition) is 3. The highest BCUT2D eigenvalue weighted by Crippen LogP contribution is 2.17. The lowest BCUT2D eigenvalue weighted by atomic mass is 10.1. The van der Waals surface area contributed by atoms with E-state index >= 15 is 0 Å². The van der Waals surface area contributed by atoms with Crippen LogP contribution in [0.15, 0.2) is 0 Å². The van der Waals surface area contributed by atoms with Gasteiger partial charge in [-0.15, -0.1) is 0 Å². The van der Waals surface area contributed by atoms with Crippen molar-refractivity contribution in [2.24, 2.45) is 0 Å². The number of hydrogen-bond donors (Lipinski definition) is 1. The standard InChI is InChI=1S/C6H13IN2O/c1-6(2)4-10-5(8-6)9(3)7/h5,8H,4H2,1-3H3. The van der Waals surface area contributed by atoms with E-state index in [0.29, 0.717) is 0 Å². The molecule has 0 bridgehead atoms. The normalized spacial score (nSPS) is 31.5. The quantitative estimate of drug-likeness (QED) is 0.558. The molecule has 10 heavy (non-hydrogen) atoms. The molecule has 1 aliphatic heterocycles. The summed E-state index contributed by atoms with van der Waals surface area (Å²) in [6, 6.07) is 0. The van der Waals surface area contributed by atoms with E-state index in [1.165, 1.54) is 0 Å². The molecule has 3 nitrogen and oxygen atoms in total. The molecule has 0 spiro atoms. The third-order valence-electron chi connectivity index (χ3n) is 1.44. The Morgan fingerprint density at radius 3 is 2.50 bits per heavy atom. The Morgan fingerprint density at radius 2 is 2.30 bits per heavy atom. The van der Waals surface area contributed by atoms with Gasteiger partial charge in [-0.1, -0.05) is 0 Å². The van der Waals surface area contributed by atoms with Crippen LogP contribution in [0.2, 0.25) is 0 Å². The van der Waals surface area contributed by atoms with Gasteiger partial charge in [0.2, 0.25) is 0 Å². The lowest BCUT2D eigenvalue weighted by molar-refractivity contribution is 0.0411. The largest absolute Gasteiger partial charge is 0.347 e. The third-order valence-corrected chi connectivity index (χ3v) is 1.95. The van der Waals surface area contributed by atoms with Gasteiger partial charge in [-0.05, 0) is 13.8 Å². The predicted octanol–water partition coefficient (Wildman–Crippen LogP) is 0.950. The first kappa shape index (κ1) is 8.70. The molecule has 1 unspecified atom stereocenters. The highest BCUT2D eigenvalue weighted by molar-refractivity contribution is 14.1. The molecule has 1 fully saturated rings. The SMILES string of the molecule is CN(I)C1NC(C)(C)CO1. The summed E-state index contributed by atoms with van der Waals surface area (Å²) in [6.07, 6.45) is 0.0793. The van der Waals surface area contributed by atoms with Crippen LogP contribution in [0.25, 0.3) is 0 Å². The first-order valence-corrected chi connectivity index (χ1v) is 4.26. The van der Waals surface area contributed by atoms with Gasteiger partial charge in [-0.2, -0.15) is 0 Å². The topological polar surface area (TPSA) is 24.5 Å². The van der Waals surface area contributed by atoms with Gasteiger partial charge in [-0.25, -0.2) is 3.11 Å². The van der Waals surface area contributed by atoms with E-state index in [0.717, 1.165) is 6.61 Å². The molecule has 1 N–H and O–H groups in total. The lowest BCUT2D eigenvalue weighted by Gasteiger charge is -2.19. The van der Waals surface area contributed by atoms with Gasteiger partial charge in [0.25, 0.3) is 0 Å². The van der Waals surface area contributed by atoms with Crippen LogP contribution in [0.3, 0.4) is 0 Å². The van der Waals surface area contributed by atoms with Crippen LogP contribution in [0, 0.1) is 0 Å². The lowest BCUT2D eigenvalue weighted by Crippen LogP contribution is -2.43. The van der Waals surface area contributed by atoms with Crippen LogP contribution >= 0.6 is 22.9 Å². The Kier molecular flexibility index (Phi) is 2.54. The van der Waals surface area contributed by atoms with Gasteiger partial charge in [0.1, 0.15) is 0 Å². The first-order valence-electron chi connectivity index (χ1n) is 3.29. The highest BCUT2D eigenvalue weighted by Gasteiger charge is 2.32. The second-order valence-electron chi connectivity index (χ2n) is 3.22. The van der Waals surface area contributed by atoms with Crippen molar-refractivity contribution < 1.29 is 4.74 Å². The second-order valence-corrected chi connectivity index (χ2v) is 4.74. The molecule has 4 heteroatoms. The fraction of sp³-hybridized carbons (Fsp3) is 1.00. The van der Waals surface area contributed by atoms with Crippen molar-refractivity contribution in [1.82, 2.24) is 8.43 Å². The Balaban J connectivity index is 2.43. The molecule has 0 saturated carbocycles. The summed E-state index contributed by atoms with van der Waals surface area (Å²) in [5.41, 5.74) is 0.129. The van der Waals surface area contributed by atoms with Gasteiger partial charge >= 0.3 is 0 Å². The molecule has 0 aromatic heterocycles. The Labute approximate surface area is 75.6 Å². The van der Waals surface area contributed by atoms with E-state index in [1.807, 2.05) is 10.2 Å². The molecule has 0 aromatic carbocycles. The van der Waals surface area contributed by atoms with Crippen molar-refractivity contribution in [3.63, 3.8) is 0 Å². The highest BCUT2D eigenvalue weighted by atomic mass is 127. The summed E-state index contributed by atoms with van der Waals surface area (Å²) < 4.78 is 7.43. The molecule has 1 saturated heterocycles. The molecule has 0 radical (unpaired) electrons. The van der Waals surface area contributed by atoms with E-state index in [9.17, 15) is 0 Å². The maximum absolute atomic E-state index is 5.44. The predicted molar refractivity (Wildman–Crippen MR) is 48.7 cm³/mol. The smallest absolute Gasteiger partial charge is 0.174 e. The molecule has 0 amide bonds. The van der Waals surface area contributed by atoms with E-state index in [2.05, 4.69) is 42.0 Å². The van der Waals surface area contributed by atoms with Crippen LogP contribution in [-0.4, -0.2) is 28.7 Å². The molecule has 0 aromatic rings. The van der Waals surface area contributed by atoms with Crippen LogP contribution in [0.4, 0.5) is 0 Å². The third kappa shape index (κ3) is 2.05. The van der Waals surface area contributed by atoms with Gasteiger partial charge in [0.05, 0.1) is 6.61 Å². The molecule has 1 rings (SSSR count). The Hall–Kier alpha value is 0.610. The number of ether oxygens (including phenoxy) is 1. The fourth-order valence-corrected chi connectivity index (χ4v) is 1.20.